The normalized spacial score (nSPS) is 11.4. The molecule has 0 N–H and O–H groups in total. The van der Waals surface area contributed by atoms with Gasteiger partial charge in [-0.1, -0.05) is 168 Å². The second-order valence-electron chi connectivity index (χ2n) is 11.3. The Morgan fingerprint density at radius 2 is 0.853 bits per heavy atom. The Balaban J connectivity index is 3.14. The number of unbranched alkanes of at least 4 members (excludes halogenated alkanes) is 22. The van der Waals surface area contributed by atoms with E-state index in [1.807, 2.05) is 0 Å². The summed E-state index contributed by atoms with van der Waals surface area (Å²) in [5.41, 5.74) is 0. The molecule has 0 saturated carbocycles. The van der Waals surface area contributed by atoms with Crippen LogP contribution in [0.15, 0.2) is 0 Å². The zero-order valence-corrected chi connectivity index (χ0v) is 24.0. The molecule has 204 valence electrons. The molecule has 34 heavy (non-hydrogen) atoms. The van der Waals surface area contributed by atoms with Crippen LogP contribution < -0.4 is 0 Å². The molecule has 0 heterocycles. The highest BCUT2D eigenvalue weighted by Crippen LogP contribution is 2.15. The third-order valence-electron chi connectivity index (χ3n) is 7.17. The summed E-state index contributed by atoms with van der Waals surface area (Å²) < 4.78 is 5.41. The lowest BCUT2D eigenvalue weighted by molar-refractivity contribution is -0.143. The van der Waals surface area contributed by atoms with Gasteiger partial charge in [-0.2, -0.15) is 0 Å². The van der Waals surface area contributed by atoms with Crippen LogP contribution >= 0.6 is 0 Å². The second kappa shape index (κ2) is 28.7. The fourth-order valence-corrected chi connectivity index (χ4v) is 4.79. The van der Waals surface area contributed by atoms with E-state index in [-0.39, 0.29) is 5.97 Å². The van der Waals surface area contributed by atoms with Crippen molar-refractivity contribution in [3.8, 4) is 0 Å². The van der Waals surface area contributed by atoms with Crippen molar-refractivity contribution < 1.29 is 9.53 Å². The van der Waals surface area contributed by atoms with E-state index in [4.69, 9.17) is 4.74 Å². The summed E-state index contributed by atoms with van der Waals surface area (Å²) in [6.45, 7) is 7.55. The highest BCUT2D eigenvalue weighted by molar-refractivity contribution is 5.69. The summed E-state index contributed by atoms with van der Waals surface area (Å²) in [5.74, 6) is 0.874. The Hall–Kier alpha value is -0.530. The number of hydrogen-bond donors (Lipinski definition) is 0. The fourth-order valence-electron chi connectivity index (χ4n) is 4.79. The minimum absolute atomic E-state index is 0.0228. The van der Waals surface area contributed by atoms with Gasteiger partial charge in [-0.3, -0.25) is 4.79 Å². The molecule has 0 fully saturated rings. The van der Waals surface area contributed by atoms with E-state index >= 15 is 0 Å². The Morgan fingerprint density at radius 3 is 1.26 bits per heavy atom. The maximum absolute atomic E-state index is 11.8. The maximum Gasteiger partial charge on any atom is 0.305 e. The lowest BCUT2D eigenvalue weighted by atomic mass is 10.0. The molecule has 0 atom stereocenters. The van der Waals surface area contributed by atoms with Crippen molar-refractivity contribution in [1.82, 2.24) is 0 Å². The smallest absolute Gasteiger partial charge is 0.305 e. The first kappa shape index (κ1) is 33.5. The van der Waals surface area contributed by atoms with Gasteiger partial charge in [0, 0.05) is 6.42 Å². The number of ether oxygens (including phenoxy) is 1. The van der Waals surface area contributed by atoms with Crippen LogP contribution in [0, 0.1) is 5.92 Å². The molecule has 0 aromatic heterocycles. The van der Waals surface area contributed by atoms with Crippen molar-refractivity contribution in [2.24, 2.45) is 5.92 Å². The highest BCUT2D eigenvalue weighted by Gasteiger charge is 2.03. The van der Waals surface area contributed by atoms with Gasteiger partial charge in [0.1, 0.15) is 0 Å². The van der Waals surface area contributed by atoms with Gasteiger partial charge in [0.25, 0.3) is 0 Å². The van der Waals surface area contributed by atoms with Crippen molar-refractivity contribution in [1.29, 1.82) is 0 Å². The summed E-state index contributed by atoms with van der Waals surface area (Å²) in [4.78, 5) is 11.8. The highest BCUT2D eigenvalue weighted by atomic mass is 16.5. The van der Waals surface area contributed by atoms with Crippen LogP contribution in [0.4, 0.5) is 0 Å². The van der Waals surface area contributed by atoms with Crippen LogP contribution in [0.5, 0.6) is 0 Å². The van der Waals surface area contributed by atoms with E-state index in [0.29, 0.717) is 13.0 Å². The zero-order valence-electron chi connectivity index (χ0n) is 24.0. The molecule has 0 bridgehead atoms. The number of carbonyl (C=O) groups excluding carboxylic acids is 1. The van der Waals surface area contributed by atoms with Crippen molar-refractivity contribution in [2.75, 3.05) is 6.61 Å². The van der Waals surface area contributed by atoms with Crippen molar-refractivity contribution in [2.45, 2.75) is 188 Å². The van der Waals surface area contributed by atoms with Crippen LogP contribution in [-0.4, -0.2) is 12.6 Å². The molecule has 2 nitrogen and oxygen atoms in total. The predicted octanol–water partition coefficient (Wildman–Crippen LogP) is 11.3. The maximum atomic E-state index is 11.8. The molecule has 0 radical (unpaired) electrons. The first-order valence-corrected chi connectivity index (χ1v) is 15.8. The minimum atomic E-state index is 0.0228. The average Bonchev–Trinajstić information content (AvgIpc) is 2.82. The number of esters is 1. The fraction of sp³-hybridized carbons (Fsp3) is 0.969. The molecule has 0 saturated heterocycles. The SMILES string of the molecule is CCCCCCCCCCCCCCCCCCOC(=O)CCCCCCCCCCC(C)C. The van der Waals surface area contributed by atoms with E-state index < -0.39 is 0 Å². The van der Waals surface area contributed by atoms with Gasteiger partial charge in [-0.15, -0.1) is 0 Å². The summed E-state index contributed by atoms with van der Waals surface area (Å²) >= 11 is 0. The van der Waals surface area contributed by atoms with Crippen molar-refractivity contribution in [3.05, 3.63) is 0 Å². The molecule has 0 aromatic carbocycles. The van der Waals surface area contributed by atoms with E-state index in [1.54, 1.807) is 0 Å². The van der Waals surface area contributed by atoms with E-state index in [0.717, 1.165) is 18.8 Å². The lowest BCUT2D eigenvalue weighted by Gasteiger charge is -2.06. The Kier molecular flexibility index (Phi) is 28.3. The molecule has 0 spiro atoms. The van der Waals surface area contributed by atoms with Crippen LogP contribution in [0.3, 0.4) is 0 Å². The molecule has 0 amide bonds. The van der Waals surface area contributed by atoms with E-state index in [1.165, 1.54) is 148 Å². The Bertz CT molecular complexity index is 390. The van der Waals surface area contributed by atoms with E-state index in [9.17, 15) is 4.79 Å². The van der Waals surface area contributed by atoms with E-state index in [2.05, 4.69) is 20.8 Å². The first-order valence-electron chi connectivity index (χ1n) is 15.8. The van der Waals surface area contributed by atoms with Gasteiger partial charge >= 0.3 is 5.97 Å². The minimum Gasteiger partial charge on any atom is -0.466 e. The summed E-state index contributed by atoms with van der Waals surface area (Å²) in [6.07, 6.45) is 34.3. The molecule has 0 aliphatic carbocycles. The average molecular weight is 481 g/mol. The lowest BCUT2D eigenvalue weighted by Crippen LogP contribution is -2.05. The Labute approximate surface area is 215 Å². The molecular formula is C32H64O2. The molecule has 0 rings (SSSR count). The van der Waals surface area contributed by atoms with Gasteiger partial charge in [-0.05, 0) is 18.8 Å². The first-order chi connectivity index (χ1) is 16.7. The van der Waals surface area contributed by atoms with Gasteiger partial charge in [0.2, 0.25) is 0 Å². The molecular weight excluding hydrogens is 416 g/mol. The predicted molar refractivity (Wildman–Crippen MR) is 152 cm³/mol. The summed E-state index contributed by atoms with van der Waals surface area (Å²) in [6, 6.07) is 0. The van der Waals surface area contributed by atoms with Crippen LogP contribution in [0.2, 0.25) is 0 Å². The number of hydrogen-bond acceptors (Lipinski definition) is 2. The Morgan fingerprint density at radius 1 is 0.500 bits per heavy atom. The van der Waals surface area contributed by atoms with Crippen molar-refractivity contribution >= 4 is 5.97 Å². The van der Waals surface area contributed by atoms with Gasteiger partial charge in [0.15, 0.2) is 0 Å². The van der Waals surface area contributed by atoms with Gasteiger partial charge < -0.3 is 4.74 Å². The quantitative estimate of drug-likeness (QED) is 0.0821. The van der Waals surface area contributed by atoms with Gasteiger partial charge in [0.05, 0.1) is 6.61 Å². The third-order valence-corrected chi connectivity index (χ3v) is 7.17. The molecule has 0 unspecified atom stereocenters. The molecule has 0 aromatic rings. The number of carbonyl (C=O) groups is 1. The van der Waals surface area contributed by atoms with Crippen LogP contribution in [0.25, 0.3) is 0 Å². The topological polar surface area (TPSA) is 26.3 Å². The monoisotopic (exact) mass is 480 g/mol. The van der Waals surface area contributed by atoms with Gasteiger partial charge in [-0.25, -0.2) is 0 Å². The third kappa shape index (κ3) is 29.5. The van der Waals surface area contributed by atoms with Crippen LogP contribution in [-0.2, 0) is 9.53 Å². The second-order valence-corrected chi connectivity index (χ2v) is 11.3. The summed E-state index contributed by atoms with van der Waals surface area (Å²) in [7, 11) is 0. The summed E-state index contributed by atoms with van der Waals surface area (Å²) in [5, 5.41) is 0. The van der Waals surface area contributed by atoms with Crippen LogP contribution in [0.1, 0.15) is 188 Å². The standard InChI is InChI=1S/C32H64O2/c1-4-5-6-7-8-9-10-11-12-13-14-15-18-21-24-27-30-34-32(33)29-26-23-20-17-16-19-22-25-28-31(2)3/h31H,4-30H2,1-3H3. The number of rotatable bonds is 28. The molecule has 0 aliphatic rings. The largest absolute Gasteiger partial charge is 0.466 e. The molecule has 2 heteroatoms. The molecule has 0 aliphatic heterocycles. The zero-order chi connectivity index (χ0) is 25.0. The van der Waals surface area contributed by atoms with Crippen molar-refractivity contribution in [3.63, 3.8) is 0 Å².